The zero-order valence-electron chi connectivity index (χ0n) is 10.7. The molecule has 96 valence electrons. The van der Waals surface area contributed by atoms with Crippen molar-refractivity contribution in [3.63, 3.8) is 0 Å². The van der Waals surface area contributed by atoms with E-state index in [1.807, 2.05) is 47.4 Å². The smallest absolute Gasteiger partial charge is 0.238 e. The molecule has 1 saturated heterocycles. The van der Waals surface area contributed by atoms with Crippen molar-refractivity contribution in [2.24, 2.45) is 0 Å². The summed E-state index contributed by atoms with van der Waals surface area (Å²) < 4.78 is 0. The fraction of sp³-hybridized carbons (Fsp3) is 0.188. The number of carbonyl (C=O) groups is 1. The summed E-state index contributed by atoms with van der Waals surface area (Å²) in [5, 5.41) is 0.0939. The van der Waals surface area contributed by atoms with Gasteiger partial charge < -0.3 is 0 Å². The number of carbonyl (C=O) groups excluding carboxylic acids is 1. The quantitative estimate of drug-likeness (QED) is 0.827. The van der Waals surface area contributed by atoms with Crippen molar-refractivity contribution >= 4 is 23.4 Å². The third-order valence-corrected chi connectivity index (χ3v) is 4.48. The van der Waals surface area contributed by atoms with Gasteiger partial charge in [-0.3, -0.25) is 9.69 Å². The van der Waals surface area contributed by atoms with Gasteiger partial charge in [-0.1, -0.05) is 48.0 Å². The van der Waals surface area contributed by atoms with Crippen molar-refractivity contribution in [2.75, 3.05) is 10.7 Å². The fourth-order valence-corrected chi connectivity index (χ4v) is 3.45. The molecule has 3 heteroatoms. The number of hydrogen-bond acceptors (Lipinski definition) is 2. The minimum absolute atomic E-state index is 0.0939. The number of anilines is 1. The standard InChI is InChI=1S/C16H15NOS/c1-12-7-9-14(10-8-12)17-15(18)11-19-16(17)13-5-3-2-4-6-13/h2-10,16H,11H2,1H3/t16-/m1/s1. The molecule has 0 bridgehead atoms. The van der Waals surface area contributed by atoms with Gasteiger partial charge in [-0.05, 0) is 24.6 Å². The Hall–Kier alpha value is -1.74. The third kappa shape index (κ3) is 2.38. The maximum Gasteiger partial charge on any atom is 0.238 e. The minimum Gasteiger partial charge on any atom is -0.295 e. The molecule has 1 atom stereocenters. The molecule has 0 spiro atoms. The first-order chi connectivity index (χ1) is 9.25. The number of aryl methyl sites for hydroxylation is 1. The molecule has 2 aromatic rings. The predicted octanol–water partition coefficient (Wildman–Crippen LogP) is 3.77. The molecule has 0 aliphatic carbocycles. The molecule has 19 heavy (non-hydrogen) atoms. The Morgan fingerprint density at radius 1 is 1.05 bits per heavy atom. The molecule has 0 saturated carbocycles. The molecule has 1 heterocycles. The zero-order chi connectivity index (χ0) is 13.2. The Balaban J connectivity index is 1.97. The second-order valence-electron chi connectivity index (χ2n) is 4.67. The second kappa shape index (κ2) is 5.10. The molecule has 1 amide bonds. The van der Waals surface area contributed by atoms with Crippen molar-refractivity contribution in [3.05, 3.63) is 65.7 Å². The van der Waals surface area contributed by atoms with Crippen LogP contribution in [0.5, 0.6) is 0 Å². The van der Waals surface area contributed by atoms with Gasteiger partial charge in [-0.2, -0.15) is 0 Å². The normalized spacial score (nSPS) is 18.9. The van der Waals surface area contributed by atoms with E-state index in [1.165, 1.54) is 11.1 Å². The third-order valence-electron chi connectivity index (χ3n) is 3.26. The van der Waals surface area contributed by atoms with E-state index in [1.54, 1.807) is 11.8 Å². The molecule has 0 unspecified atom stereocenters. The van der Waals surface area contributed by atoms with Gasteiger partial charge in [0.1, 0.15) is 5.37 Å². The summed E-state index contributed by atoms with van der Waals surface area (Å²) in [7, 11) is 0. The van der Waals surface area contributed by atoms with Crippen LogP contribution in [0.25, 0.3) is 0 Å². The summed E-state index contributed by atoms with van der Waals surface area (Å²) in [6.45, 7) is 2.05. The molecular weight excluding hydrogens is 254 g/mol. The number of nitrogens with zero attached hydrogens (tertiary/aromatic N) is 1. The first-order valence-electron chi connectivity index (χ1n) is 6.31. The molecule has 0 aromatic heterocycles. The van der Waals surface area contributed by atoms with Crippen LogP contribution in [0.4, 0.5) is 5.69 Å². The maximum atomic E-state index is 12.1. The van der Waals surface area contributed by atoms with E-state index < -0.39 is 0 Å². The van der Waals surface area contributed by atoms with Gasteiger partial charge in [-0.15, -0.1) is 11.8 Å². The van der Waals surface area contributed by atoms with Gasteiger partial charge in [0, 0.05) is 5.69 Å². The monoisotopic (exact) mass is 269 g/mol. The molecule has 1 aliphatic heterocycles. The van der Waals surface area contributed by atoms with Gasteiger partial charge in [0.2, 0.25) is 5.91 Å². The second-order valence-corrected chi connectivity index (χ2v) is 5.74. The summed E-state index contributed by atoms with van der Waals surface area (Å²) in [6, 6.07) is 18.3. The Morgan fingerprint density at radius 2 is 1.74 bits per heavy atom. The van der Waals surface area contributed by atoms with Crippen molar-refractivity contribution in [3.8, 4) is 0 Å². The molecular formula is C16H15NOS. The molecule has 3 rings (SSSR count). The SMILES string of the molecule is Cc1ccc(N2C(=O)CS[C@@H]2c2ccccc2)cc1. The molecule has 0 N–H and O–H groups in total. The van der Waals surface area contributed by atoms with Crippen LogP contribution in [-0.4, -0.2) is 11.7 Å². The van der Waals surface area contributed by atoms with Gasteiger partial charge >= 0.3 is 0 Å². The highest BCUT2D eigenvalue weighted by molar-refractivity contribution is 8.00. The predicted molar refractivity (Wildman–Crippen MR) is 80.3 cm³/mol. The van der Waals surface area contributed by atoms with Crippen molar-refractivity contribution in [1.29, 1.82) is 0 Å². The summed E-state index contributed by atoms with van der Waals surface area (Å²) in [5.74, 6) is 0.732. The van der Waals surface area contributed by atoms with E-state index in [0.29, 0.717) is 5.75 Å². The lowest BCUT2D eigenvalue weighted by Gasteiger charge is -2.24. The van der Waals surface area contributed by atoms with Crippen LogP contribution < -0.4 is 4.90 Å². The first-order valence-corrected chi connectivity index (χ1v) is 7.36. The van der Waals surface area contributed by atoms with Crippen LogP contribution in [0.15, 0.2) is 54.6 Å². The highest BCUT2D eigenvalue weighted by atomic mass is 32.2. The maximum absolute atomic E-state index is 12.1. The van der Waals surface area contributed by atoms with Crippen LogP contribution in [0, 0.1) is 6.92 Å². The Morgan fingerprint density at radius 3 is 2.42 bits per heavy atom. The number of rotatable bonds is 2. The first kappa shape index (κ1) is 12.3. The molecule has 2 aromatic carbocycles. The van der Waals surface area contributed by atoms with Crippen molar-refractivity contribution < 1.29 is 4.79 Å². The lowest BCUT2D eigenvalue weighted by atomic mass is 10.1. The summed E-state index contributed by atoms with van der Waals surface area (Å²) in [6.07, 6.45) is 0. The highest BCUT2D eigenvalue weighted by Crippen LogP contribution is 2.41. The number of benzene rings is 2. The van der Waals surface area contributed by atoms with E-state index in [4.69, 9.17) is 0 Å². The average Bonchev–Trinajstić information content (AvgIpc) is 2.83. The fourth-order valence-electron chi connectivity index (χ4n) is 2.27. The Kier molecular flexibility index (Phi) is 3.30. The zero-order valence-corrected chi connectivity index (χ0v) is 11.6. The van der Waals surface area contributed by atoms with Crippen LogP contribution in [0.2, 0.25) is 0 Å². The highest BCUT2D eigenvalue weighted by Gasteiger charge is 2.33. The number of amides is 1. The van der Waals surface area contributed by atoms with Crippen LogP contribution >= 0.6 is 11.8 Å². The van der Waals surface area contributed by atoms with Gasteiger partial charge in [0.05, 0.1) is 5.75 Å². The number of hydrogen-bond donors (Lipinski definition) is 0. The Labute approximate surface area is 117 Å². The van der Waals surface area contributed by atoms with Crippen LogP contribution in [0.1, 0.15) is 16.5 Å². The minimum atomic E-state index is 0.0939. The summed E-state index contributed by atoms with van der Waals surface area (Å²) in [4.78, 5) is 14.1. The molecule has 1 fully saturated rings. The van der Waals surface area contributed by atoms with E-state index in [-0.39, 0.29) is 11.3 Å². The van der Waals surface area contributed by atoms with Crippen LogP contribution in [-0.2, 0) is 4.79 Å². The van der Waals surface area contributed by atoms with E-state index in [0.717, 1.165) is 5.69 Å². The average molecular weight is 269 g/mol. The molecule has 2 nitrogen and oxygen atoms in total. The van der Waals surface area contributed by atoms with Crippen molar-refractivity contribution in [1.82, 2.24) is 0 Å². The molecule has 1 aliphatic rings. The van der Waals surface area contributed by atoms with Crippen molar-refractivity contribution in [2.45, 2.75) is 12.3 Å². The molecule has 0 radical (unpaired) electrons. The topological polar surface area (TPSA) is 20.3 Å². The lowest BCUT2D eigenvalue weighted by molar-refractivity contribution is -0.115. The van der Waals surface area contributed by atoms with Gasteiger partial charge in [0.15, 0.2) is 0 Å². The van der Waals surface area contributed by atoms with E-state index in [2.05, 4.69) is 19.1 Å². The van der Waals surface area contributed by atoms with Gasteiger partial charge in [0.25, 0.3) is 0 Å². The largest absolute Gasteiger partial charge is 0.295 e. The summed E-state index contributed by atoms with van der Waals surface area (Å²) >= 11 is 1.69. The Bertz CT molecular complexity index is 579. The van der Waals surface area contributed by atoms with Crippen LogP contribution in [0.3, 0.4) is 0 Å². The summed E-state index contributed by atoms with van der Waals surface area (Å²) in [5.41, 5.74) is 3.37. The van der Waals surface area contributed by atoms with Gasteiger partial charge in [-0.25, -0.2) is 0 Å². The lowest BCUT2D eigenvalue weighted by Crippen LogP contribution is -2.27. The van der Waals surface area contributed by atoms with E-state index >= 15 is 0 Å². The van der Waals surface area contributed by atoms with E-state index in [9.17, 15) is 4.79 Å². The number of thioether (sulfide) groups is 1.